The Bertz CT molecular complexity index is 880. The number of pyridine rings is 1. The molecule has 0 N–H and O–H groups in total. The lowest BCUT2D eigenvalue weighted by molar-refractivity contribution is 0.0956. The summed E-state index contributed by atoms with van der Waals surface area (Å²) >= 11 is 5.77. The lowest BCUT2D eigenvalue weighted by atomic mass is 10.2. The number of halogens is 1. The number of nitrogens with zero attached hydrogens (tertiary/aromatic N) is 2. The Hall–Kier alpha value is -2.40. The van der Waals surface area contributed by atoms with E-state index in [4.69, 9.17) is 16.0 Å². The molecule has 2 heterocycles. The number of carbonyl (C=O) groups excluding carboxylic acids is 1. The Morgan fingerprint density at radius 3 is 2.90 bits per heavy atom. The third-order valence-corrected chi connectivity index (χ3v) is 3.19. The molecule has 6 heteroatoms. The molecule has 0 fully saturated rings. The van der Waals surface area contributed by atoms with Gasteiger partial charge in [-0.3, -0.25) is 4.79 Å². The van der Waals surface area contributed by atoms with Gasteiger partial charge in [0.2, 0.25) is 0 Å². The van der Waals surface area contributed by atoms with Crippen LogP contribution in [-0.4, -0.2) is 15.5 Å². The number of carbonyl (C=O) groups is 1. The van der Waals surface area contributed by atoms with E-state index in [9.17, 15) is 9.59 Å². The maximum absolute atomic E-state index is 12.5. The van der Waals surface area contributed by atoms with Crippen LogP contribution in [0.2, 0.25) is 5.15 Å². The first kappa shape index (κ1) is 12.6. The Morgan fingerprint density at radius 1 is 1.35 bits per heavy atom. The summed E-state index contributed by atoms with van der Waals surface area (Å²) < 4.78 is 6.10. The number of hydrogen-bond acceptors (Lipinski definition) is 4. The smallest absolute Gasteiger partial charge is 0.407 e. The van der Waals surface area contributed by atoms with Crippen LogP contribution in [0.4, 0.5) is 0 Å². The summed E-state index contributed by atoms with van der Waals surface area (Å²) in [5.41, 5.74) is 1.90. The van der Waals surface area contributed by atoms with Gasteiger partial charge in [0.05, 0.1) is 0 Å². The molecule has 100 valence electrons. The van der Waals surface area contributed by atoms with Gasteiger partial charge in [-0.25, -0.2) is 14.3 Å². The van der Waals surface area contributed by atoms with Crippen LogP contribution in [0.3, 0.4) is 0 Å². The largest absolute Gasteiger partial charge is 0.427 e. The summed E-state index contributed by atoms with van der Waals surface area (Å²) in [5.74, 6) is -1.21. The van der Waals surface area contributed by atoms with Gasteiger partial charge in [0.25, 0.3) is 5.91 Å². The first-order valence-electron chi connectivity index (χ1n) is 5.85. The number of benzene rings is 1. The molecule has 0 aliphatic carbocycles. The van der Waals surface area contributed by atoms with E-state index in [1.54, 1.807) is 25.1 Å². The summed E-state index contributed by atoms with van der Waals surface area (Å²) in [7, 11) is 0. The molecule has 0 spiro atoms. The van der Waals surface area contributed by atoms with E-state index in [0.29, 0.717) is 11.1 Å². The molecule has 2 aromatic heterocycles. The van der Waals surface area contributed by atoms with Gasteiger partial charge in [0.1, 0.15) is 10.7 Å². The fourth-order valence-corrected chi connectivity index (χ4v) is 2.25. The van der Waals surface area contributed by atoms with Gasteiger partial charge < -0.3 is 4.42 Å². The van der Waals surface area contributed by atoms with E-state index in [1.165, 1.54) is 18.3 Å². The Morgan fingerprint density at radius 2 is 2.15 bits per heavy atom. The maximum Gasteiger partial charge on any atom is 0.427 e. The molecule has 0 radical (unpaired) electrons. The van der Waals surface area contributed by atoms with Crippen LogP contribution in [0.5, 0.6) is 0 Å². The van der Waals surface area contributed by atoms with Crippen LogP contribution < -0.4 is 5.76 Å². The minimum atomic E-state index is -0.716. The average Bonchev–Trinajstić information content (AvgIpc) is 2.75. The van der Waals surface area contributed by atoms with Crippen molar-refractivity contribution < 1.29 is 9.21 Å². The number of para-hydroxylation sites is 1. The molecule has 3 rings (SSSR count). The summed E-state index contributed by atoms with van der Waals surface area (Å²) in [6.07, 6.45) is 1.41. The van der Waals surface area contributed by atoms with Crippen molar-refractivity contribution in [2.24, 2.45) is 0 Å². The molecule has 0 amide bonds. The molecule has 1 aromatic carbocycles. The predicted octanol–water partition coefficient (Wildman–Crippen LogP) is 2.64. The van der Waals surface area contributed by atoms with E-state index in [0.717, 1.165) is 10.1 Å². The van der Waals surface area contributed by atoms with Crippen LogP contribution >= 0.6 is 11.6 Å². The standard InChI is InChI=1S/C14H9ClN2O3/c1-8-3-2-4-10-12(8)17(14(19)20-10)13(18)9-5-6-16-11(15)7-9/h2-7H,1H3. The molecule has 0 saturated carbocycles. The lowest BCUT2D eigenvalue weighted by Crippen LogP contribution is -2.23. The summed E-state index contributed by atoms with van der Waals surface area (Å²) in [4.78, 5) is 28.2. The number of aromatic nitrogens is 2. The predicted molar refractivity (Wildman–Crippen MR) is 74.2 cm³/mol. The van der Waals surface area contributed by atoms with E-state index >= 15 is 0 Å². The first-order valence-corrected chi connectivity index (χ1v) is 6.23. The normalized spacial score (nSPS) is 10.9. The van der Waals surface area contributed by atoms with E-state index < -0.39 is 11.7 Å². The topological polar surface area (TPSA) is 65.1 Å². The van der Waals surface area contributed by atoms with Gasteiger partial charge in [0, 0.05) is 11.8 Å². The summed E-state index contributed by atoms with van der Waals surface area (Å²) in [6.45, 7) is 1.81. The van der Waals surface area contributed by atoms with Crippen molar-refractivity contribution in [1.29, 1.82) is 0 Å². The molecule has 0 aliphatic rings. The minimum absolute atomic E-state index is 0.188. The molecule has 0 saturated heterocycles. The van der Waals surface area contributed by atoms with Crippen molar-refractivity contribution in [3.63, 3.8) is 0 Å². The number of fused-ring (bicyclic) bond motifs is 1. The fraction of sp³-hybridized carbons (Fsp3) is 0.0714. The fourth-order valence-electron chi connectivity index (χ4n) is 2.08. The molecule has 0 bridgehead atoms. The van der Waals surface area contributed by atoms with Gasteiger partial charge in [-0.2, -0.15) is 0 Å². The zero-order chi connectivity index (χ0) is 14.3. The zero-order valence-corrected chi connectivity index (χ0v) is 11.2. The summed E-state index contributed by atoms with van der Waals surface area (Å²) in [6, 6.07) is 8.12. The van der Waals surface area contributed by atoms with Gasteiger partial charge in [-0.1, -0.05) is 23.7 Å². The van der Waals surface area contributed by atoms with Crippen LogP contribution in [0.1, 0.15) is 15.9 Å². The van der Waals surface area contributed by atoms with Crippen LogP contribution in [-0.2, 0) is 0 Å². The average molecular weight is 289 g/mol. The highest BCUT2D eigenvalue weighted by molar-refractivity contribution is 6.29. The second kappa shape index (κ2) is 4.61. The second-order valence-corrected chi connectivity index (χ2v) is 4.68. The van der Waals surface area contributed by atoms with Crippen molar-refractivity contribution in [2.75, 3.05) is 0 Å². The van der Waals surface area contributed by atoms with Crippen molar-refractivity contribution in [2.45, 2.75) is 6.92 Å². The highest BCUT2D eigenvalue weighted by Gasteiger charge is 2.19. The summed E-state index contributed by atoms with van der Waals surface area (Å²) in [5, 5.41) is 0.188. The maximum atomic E-state index is 12.5. The SMILES string of the molecule is Cc1cccc2oc(=O)n(C(=O)c3ccnc(Cl)c3)c12. The third kappa shape index (κ3) is 1.92. The van der Waals surface area contributed by atoms with E-state index in [2.05, 4.69) is 4.98 Å². The highest BCUT2D eigenvalue weighted by Crippen LogP contribution is 2.18. The molecular formula is C14H9ClN2O3. The minimum Gasteiger partial charge on any atom is -0.407 e. The quantitative estimate of drug-likeness (QED) is 0.646. The highest BCUT2D eigenvalue weighted by atomic mass is 35.5. The van der Waals surface area contributed by atoms with Crippen LogP contribution in [0.25, 0.3) is 11.1 Å². The number of rotatable bonds is 1. The second-order valence-electron chi connectivity index (χ2n) is 4.30. The molecule has 5 nitrogen and oxygen atoms in total. The third-order valence-electron chi connectivity index (χ3n) is 2.98. The molecule has 20 heavy (non-hydrogen) atoms. The zero-order valence-electron chi connectivity index (χ0n) is 10.5. The Balaban J connectivity index is 2.27. The van der Waals surface area contributed by atoms with E-state index in [-0.39, 0.29) is 10.7 Å². The van der Waals surface area contributed by atoms with Crippen LogP contribution in [0, 0.1) is 6.92 Å². The number of hydrogen-bond donors (Lipinski definition) is 0. The van der Waals surface area contributed by atoms with Gasteiger partial charge in [-0.05, 0) is 30.7 Å². The first-order chi connectivity index (χ1) is 9.58. The van der Waals surface area contributed by atoms with E-state index in [1.807, 2.05) is 0 Å². The lowest BCUT2D eigenvalue weighted by Gasteiger charge is -2.03. The molecule has 0 atom stereocenters. The van der Waals surface area contributed by atoms with Gasteiger partial charge in [-0.15, -0.1) is 0 Å². The molecule has 3 aromatic rings. The Labute approximate surface area is 118 Å². The van der Waals surface area contributed by atoms with Crippen molar-refractivity contribution >= 4 is 28.6 Å². The molecule has 0 unspecified atom stereocenters. The number of aryl methyl sites for hydroxylation is 1. The van der Waals surface area contributed by atoms with Crippen molar-refractivity contribution in [3.8, 4) is 0 Å². The monoisotopic (exact) mass is 288 g/mol. The molecule has 0 aliphatic heterocycles. The Kier molecular flexibility index (Phi) is 2.91. The van der Waals surface area contributed by atoms with Gasteiger partial charge in [0.15, 0.2) is 5.58 Å². The molecular weight excluding hydrogens is 280 g/mol. The van der Waals surface area contributed by atoms with Crippen molar-refractivity contribution in [3.05, 3.63) is 63.4 Å². The van der Waals surface area contributed by atoms with Gasteiger partial charge >= 0.3 is 5.76 Å². The number of oxazole rings is 1. The van der Waals surface area contributed by atoms with Crippen LogP contribution in [0.15, 0.2) is 45.7 Å². The van der Waals surface area contributed by atoms with Crippen molar-refractivity contribution in [1.82, 2.24) is 9.55 Å².